The Bertz CT molecular complexity index is 567. The Hall–Kier alpha value is -2.37. The summed E-state index contributed by atoms with van der Waals surface area (Å²) in [4.78, 5) is 20.5. The third-order valence-corrected chi connectivity index (χ3v) is 2.62. The SMILES string of the molecule is CCCNc1nc(C)cc(C(=O)NCc2ccco2)n1. The highest BCUT2D eigenvalue weighted by molar-refractivity contribution is 5.92. The molecule has 0 fully saturated rings. The van der Waals surface area contributed by atoms with Crippen LogP contribution in [0.4, 0.5) is 5.95 Å². The van der Waals surface area contributed by atoms with Gasteiger partial charge in [-0.3, -0.25) is 4.79 Å². The number of rotatable bonds is 6. The molecule has 0 saturated heterocycles. The lowest BCUT2D eigenvalue weighted by Gasteiger charge is -2.07. The van der Waals surface area contributed by atoms with Crippen LogP contribution in [-0.2, 0) is 6.54 Å². The van der Waals surface area contributed by atoms with E-state index in [9.17, 15) is 4.79 Å². The van der Waals surface area contributed by atoms with Crippen molar-refractivity contribution in [1.29, 1.82) is 0 Å². The van der Waals surface area contributed by atoms with Gasteiger partial charge in [-0.15, -0.1) is 0 Å². The molecule has 2 rings (SSSR count). The van der Waals surface area contributed by atoms with Gasteiger partial charge in [-0.25, -0.2) is 9.97 Å². The van der Waals surface area contributed by atoms with Crippen LogP contribution in [0.25, 0.3) is 0 Å². The van der Waals surface area contributed by atoms with Crippen molar-refractivity contribution in [2.75, 3.05) is 11.9 Å². The molecule has 6 heteroatoms. The fraction of sp³-hybridized carbons (Fsp3) is 0.357. The largest absolute Gasteiger partial charge is 0.467 e. The molecule has 0 spiro atoms. The van der Waals surface area contributed by atoms with E-state index >= 15 is 0 Å². The van der Waals surface area contributed by atoms with Crippen molar-refractivity contribution in [1.82, 2.24) is 15.3 Å². The Kier molecular flexibility index (Phi) is 4.70. The van der Waals surface area contributed by atoms with E-state index in [1.165, 1.54) is 0 Å². The molecule has 1 amide bonds. The van der Waals surface area contributed by atoms with Gasteiger partial charge in [-0.2, -0.15) is 0 Å². The van der Waals surface area contributed by atoms with Gasteiger partial charge < -0.3 is 15.1 Å². The van der Waals surface area contributed by atoms with Crippen molar-refractivity contribution >= 4 is 11.9 Å². The molecule has 0 bridgehead atoms. The van der Waals surface area contributed by atoms with Crippen LogP contribution in [0.3, 0.4) is 0 Å². The van der Waals surface area contributed by atoms with Crippen LogP contribution in [0.15, 0.2) is 28.9 Å². The maximum Gasteiger partial charge on any atom is 0.270 e. The Morgan fingerprint density at radius 2 is 2.25 bits per heavy atom. The molecule has 0 atom stereocenters. The lowest BCUT2D eigenvalue weighted by atomic mass is 10.3. The van der Waals surface area contributed by atoms with Gasteiger partial charge in [0.15, 0.2) is 0 Å². The number of hydrogen-bond acceptors (Lipinski definition) is 5. The Balaban J connectivity index is 2.02. The molecular weight excluding hydrogens is 256 g/mol. The second-order valence-electron chi connectivity index (χ2n) is 4.41. The van der Waals surface area contributed by atoms with Gasteiger partial charge in [-0.05, 0) is 31.5 Å². The number of anilines is 1. The van der Waals surface area contributed by atoms with Crippen LogP contribution in [0.1, 0.15) is 35.3 Å². The number of hydrogen-bond donors (Lipinski definition) is 2. The molecule has 20 heavy (non-hydrogen) atoms. The molecule has 0 radical (unpaired) electrons. The minimum atomic E-state index is -0.244. The summed E-state index contributed by atoms with van der Waals surface area (Å²) in [5, 5.41) is 5.84. The molecule has 0 aliphatic carbocycles. The smallest absolute Gasteiger partial charge is 0.270 e. The molecule has 2 aromatic rings. The van der Waals surface area contributed by atoms with Gasteiger partial charge >= 0.3 is 0 Å². The molecule has 106 valence electrons. The second kappa shape index (κ2) is 6.70. The van der Waals surface area contributed by atoms with Crippen molar-refractivity contribution in [2.24, 2.45) is 0 Å². The quantitative estimate of drug-likeness (QED) is 0.843. The van der Waals surface area contributed by atoms with E-state index in [1.807, 2.05) is 6.92 Å². The Morgan fingerprint density at radius 1 is 1.40 bits per heavy atom. The van der Waals surface area contributed by atoms with E-state index in [0.29, 0.717) is 23.9 Å². The van der Waals surface area contributed by atoms with Crippen LogP contribution >= 0.6 is 0 Å². The summed E-state index contributed by atoms with van der Waals surface area (Å²) >= 11 is 0. The predicted octanol–water partition coefficient (Wildman–Crippen LogP) is 2.13. The average Bonchev–Trinajstić information content (AvgIpc) is 2.95. The highest BCUT2D eigenvalue weighted by Crippen LogP contribution is 2.06. The molecule has 0 aromatic carbocycles. The molecule has 2 heterocycles. The van der Waals surface area contributed by atoms with Gasteiger partial charge in [0.2, 0.25) is 5.95 Å². The zero-order valence-electron chi connectivity index (χ0n) is 11.6. The first-order chi connectivity index (χ1) is 9.69. The van der Waals surface area contributed by atoms with Gasteiger partial charge in [0.25, 0.3) is 5.91 Å². The normalized spacial score (nSPS) is 10.3. The van der Waals surface area contributed by atoms with E-state index in [0.717, 1.165) is 18.7 Å². The molecule has 0 unspecified atom stereocenters. The third kappa shape index (κ3) is 3.81. The summed E-state index contributed by atoms with van der Waals surface area (Å²) in [6.45, 7) is 5.01. The summed E-state index contributed by atoms with van der Waals surface area (Å²) in [5.41, 5.74) is 1.10. The van der Waals surface area contributed by atoms with Gasteiger partial charge in [0, 0.05) is 12.2 Å². The number of aryl methyl sites for hydroxylation is 1. The van der Waals surface area contributed by atoms with Gasteiger partial charge in [0.1, 0.15) is 11.5 Å². The minimum Gasteiger partial charge on any atom is -0.467 e. The number of nitrogens with one attached hydrogen (secondary N) is 2. The van der Waals surface area contributed by atoms with Gasteiger partial charge in [-0.1, -0.05) is 6.92 Å². The highest BCUT2D eigenvalue weighted by Gasteiger charge is 2.10. The van der Waals surface area contributed by atoms with E-state index in [1.54, 1.807) is 24.5 Å². The average molecular weight is 274 g/mol. The topological polar surface area (TPSA) is 80.0 Å². The minimum absolute atomic E-state index is 0.244. The van der Waals surface area contributed by atoms with E-state index in [4.69, 9.17) is 4.42 Å². The third-order valence-electron chi connectivity index (χ3n) is 2.62. The molecule has 0 saturated carbocycles. The molecular formula is C14H18N4O2. The molecule has 6 nitrogen and oxygen atoms in total. The van der Waals surface area contributed by atoms with Crippen LogP contribution in [0.5, 0.6) is 0 Å². The summed E-state index contributed by atoms with van der Waals surface area (Å²) in [5.74, 6) is 0.940. The van der Waals surface area contributed by atoms with E-state index in [2.05, 4.69) is 27.5 Å². The number of amides is 1. The summed E-state index contributed by atoms with van der Waals surface area (Å²) < 4.78 is 5.16. The summed E-state index contributed by atoms with van der Waals surface area (Å²) in [6.07, 6.45) is 2.54. The number of carbonyl (C=O) groups is 1. The van der Waals surface area contributed by atoms with Crippen LogP contribution in [0.2, 0.25) is 0 Å². The van der Waals surface area contributed by atoms with E-state index in [-0.39, 0.29) is 5.91 Å². The molecule has 0 aliphatic heterocycles. The zero-order valence-corrected chi connectivity index (χ0v) is 11.6. The number of furan rings is 1. The first kappa shape index (κ1) is 14.0. The van der Waals surface area contributed by atoms with E-state index < -0.39 is 0 Å². The first-order valence-corrected chi connectivity index (χ1v) is 6.59. The first-order valence-electron chi connectivity index (χ1n) is 6.59. The maximum atomic E-state index is 12.0. The molecule has 2 N–H and O–H groups in total. The number of aromatic nitrogens is 2. The highest BCUT2D eigenvalue weighted by atomic mass is 16.3. The monoisotopic (exact) mass is 274 g/mol. The summed E-state index contributed by atoms with van der Waals surface area (Å²) in [7, 11) is 0. The standard InChI is InChI=1S/C14H18N4O2/c1-3-6-15-14-17-10(2)8-12(18-14)13(19)16-9-11-5-4-7-20-11/h4-5,7-8H,3,6,9H2,1-2H3,(H,16,19)(H,15,17,18). The van der Waals surface area contributed by atoms with Gasteiger partial charge in [0.05, 0.1) is 12.8 Å². The maximum absolute atomic E-state index is 12.0. The lowest BCUT2D eigenvalue weighted by Crippen LogP contribution is -2.24. The second-order valence-corrected chi connectivity index (χ2v) is 4.41. The number of nitrogens with zero attached hydrogens (tertiary/aromatic N) is 2. The molecule has 0 aliphatic rings. The zero-order chi connectivity index (χ0) is 14.4. The van der Waals surface area contributed by atoms with Crippen LogP contribution < -0.4 is 10.6 Å². The lowest BCUT2D eigenvalue weighted by molar-refractivity contribution is 0.0943. The van der Waals surface area contributed by atoms with Crippen molar-refractivity contribution in [3.8, 4) is 0 Å². The van der Waals surface area contributed by atoms with Crippen molar-refractivity contribution in [3.63, 3.8) is 0 Å². The van der Waals surface area contributed by atoms with Crippen molar-refractivity contribution in [2.45, 2.75) is 26.8 Å². The fourth-order valence-electron chi connectivity index (χ4n) is 1.67. The number of carbonyl (C=O) groups excluding carboxylic acids is 1. The summed E-state index contributed by atoms with van der Waals surface area (Å²) in [6, 6.07) is 5.25. The van der Waals surface area contributed by atoms with Crippen molar-refractivity contribution < 1.29 is 9.21 Å². The Morgan fingerprint density at radius 3 is 2.95 bits per heavy atom. The van der Waals surface area contributed by atoms with Crippen molar-refractivity contribution in [3.05, 3.63) is 41.6 Å². The molecule has 2 aromatic heterocycles. The fourth-order valence-corrected chi connectivity index (χ4v) is 1.67. The van der Waals surface area contributed by atoms with Crippen LogP contribution in [-0.4, -0.2) is 22.4 Å². The van der Waals surface area contributed by atoms with Crippen LogP contribution in [0, 0.1) is 6.92 Å². The Labute approximate surface area is 117 Å². The predicted molar refractivity (Wildman–Crippen MR) is 75.4 cm³/mol.